The third-order valence-electron chi connectivity index (χ3n) is 6.29. The van der Waals surface area contributed by atoms with Crippen LogP contribution in [0, 0.1) is 0 Å². The first kappa shape index (κ1) is 21.3. The van der Waals surface area contributed by atoms with Crippen molar-refractivity contribution >= 4 is 34.1 Å². The zero-order valence-corrected chi connectivity index (χ0v) is 19.7. The number of fused-ring (bicyclic) bond motifs is 4. The molecule has 0 bridgehead atoms. The summed E-state index contributed by atoms with van der Waals surface area (Å²) in [5.41, 5.74) is 2.96. The van der Waals surface area contributed by atoms with Gasteiger partial charge in [-0.2, -0.15) is 0 Å². The summed E-state index contributed by atoms with van der Waals surface area (Å²) in [6, 6.07) is 30.8. The highest BCUT2D eigenvalue weighted by atomic mass is 32.2. The summed E-state index contributed by atoms with van der Waals surface area (Å²) in [5.74, 6) is -0.165. The molecule has 1 N–H and O–H groups in total. The average molecular weight is 478 g/mol. The van der Waals surface area contributed by atoms with E-state index in [9.17, 15) is 9.59 Å². The SMILES string of the molecule is CSc1n[n+]2c(c(=O)[nH]1)-c1ccccc1N(C(=O)c1ccccc1)[C@@H]2c1cccc2ccccc12. The van der Waals surface area contributed by atoms with Crippen molar-refractivity contribution in [3.63, 3.8) is 0 Å². The summed E-state index contributed by atoms with van der Waals surface area (Å²) in [4.78, 5) is 32.1. The number of nitrogens with one attached hydrogen (secondary N) is 1. The van der Waals surface area contributed by atoms with Crippen molar-refractivity contribution in [3.8, 4) is 11.3 Å². The fourth-order valence-corrected chi connectivity index (χ4v) is 5.12. The van der Waals surface area contributed by atoms with Gasteiger partial charge < -0.3 is 0 Å². The topological polar surface area (TPSA) is 69.9 Å². The third-order valence-corrected chi connectivity index (χ3v) is 6.86. The Hall–Kier alpha value is -4.23. The Balaban J connectivity index is 1.72. The number of carbonyl (C=O) groups is 1. The lowest BCUT2D eigenvalue weighted by molar-refractivity contribution is -0.762. The molecule has 6 rings (SSSR count). The molecule has 0 unspecified atom stereocenters. The quantitative estimate of drug-likeness (QED) is 0.299. The van der Waals surface area contributed by atoms with E-state index in [4.69, 9.17) is 5.10 Å². The minimum absolute atomic E-state index is 0.165. The van der Waals surface area contributed by atoms with E-state index >= 15 is 0 Å². The van der Waals surface area contributed by atoms with Crippen LogP contribution in [0.5, 0.6) is 0 Å². The second kappa shape index (κ2) is 8.52. The number of amides is 1. The van der Waals surface area contributed by atoms with Gasteiger partial charge in [-0.25, -0.2) is 4.90 Å². The van der Waals surface area contributed by atoms with E-state index < -0.39 is 6.17 Å². The van der Waals surface area contributed by atoms with E-state index in [0.29, 0.717) is 27.7 Å². The second-order valence-electron chi connectivity index (χ2n) is 8.26. The lowest BCUT2D eigenvalue weighted by Gasteiger charge is -2.32. The van der Waals surface area contributed by atoms with Gasteiger partial charge in [0.1, 0.15) is 0 Å². The molecule has 0 aliphatic carbocycles. The molecule has 0 fully saturated rings. The fourth-order valence-electron chi connectivity index (χ4n) is 4.76. The van der Waals surface area contributed by atoms with Crippen LogP contribution >= 0.6 is 11.8 Å². The monoisotopic (exact) mass is 477 g/mol. The van der Waals surface area contributed by atoms with Gasteiger partial charge in [-0.1, -0.05) is 78.5 Å². The lowest BCUT2D eigenvalue weighted by Crippen LogP contribution is -2.61. The number of thioether (sulfide) groups is 1. The highest BCUT2D eigenvalue weighted by molar-refractivity contribution is 7.98. The number of hydrogen-bond acceptors (Lipinski definition) is 4. The van der Waals surface area contributed by atoms with Crippen molar-refractivity contribution in [1.82, 2.24) is 10.1 Å². The second-order valence-corrected chi connectivity index (χ2v) is 9.05. The van der Waals surface area contributed by atoms with Crippen molar-refractivity contribution in [2.45, 2.75) is 11.3 Å². The van der Waals surface area contributed by atoms with Crippen molar-refractivity contribution in [1.29, 1.82) is 0 Å². The zero-order chi connectivity index (χ0) is 23.9. The Morgan fingerprint density at radius 1 is 0.914 bits per heavy atom. The molecule has 0 saturated carbocycles. The number of para-hydroxylation sites is 1. The van der Waals surface area contributed by atoms with Crippen LogP contribution in [0.1, 0.15) is 22.1 Å². The Morgan fingerprint density at radius 2 is 1.63 bits per heavy atom. The van der Waals surface area contributed by atoms with Crippen LogP contribution in [0.4, 0.5) is 5.69 Å². The lowest BCUT2D eigenvalue weighted by atomic mass is 9.97. The number of hydrogen-bond donors (Lipinski definition) is 1. The van der Waals surface area contributed by atoms with E-state index in [-0.39, 0.29) is 11.5 Å². The smallest absolute Gasteiger partial charge is 0.291 e. The predicted molar refractivity (Wildman–Crippen MR) is 138 cm³/mol. The number of carbonyl (C=O) groups excluding carboxylic acids is 1. The zero-order valence-electron chi connectivity index (χ0n) is 18.9. The van der Waals surface area contributed by atoms with Crippen LogP contribution in [-0.4, -0.2) is 22.2 Å². The Labute approximate surface area is 205 Å². The first-order chi connectivity index (χ1) is 17.2. The van der Waals surface area contributed by atoms with Gasteiger partial charge in [-0.15, -0.1) is 0 Å². The molecule has 2 heterocycles. The van der Waals surface area contributed by atoms with Crippen LogP contribution in [0.15, 0.2) is 107 Å². The summed E-state index contributed by atoms with van der Waals surface area (Å²) < 4.78 is 1.70. The number of anilines is 1. The Morgan fingerprint density at radius 3 is 2.46 bits per heavy atom. The van der Waals surface area contributed by atoms with Crippen LogP contribution in [0.3, 0.4) is 0 Å². The molecule has 1 aromatic heterocycles. The van der Waals surface area contributed by atoms with Crippen molar-refractivity contribution in [3.05, 3.63) is 119 Å². The minimum Gasteiger partial charge on any atom is -0.291 e. The number of rotatable bonds is 3. The first-order valence-electron chi connectivity index (χ1n) is 11.2. The number of benzene rings is 4. The molecule has 7 heteroatoms. The molecule has 1 atom stereocenters. The number of nitrogens with zero attached hydrogens (tertiary/aromatic N) is 3. The van der Waals surface area contributed by atoms with E-state index in [2.05, 4.69) is 4.98 Å². The molecule has 5 aromatic rings. The molecule has 1 aliphatic heterocycles. The number of aromatic amines is 1. The average Bonchev–Trinajstić information content (AvgIpc) is 2.91. The summed E-state index contributed by atoms with van der Waals surface area (Å²) in [5, 5.41) is 7.34. The number of H-pyrrole nitrogens is 1. The molecular weight excluding hydrogens is 456 g/mol. The largest absolute Gasteiger partial charge is 0.325 e. The maximum Gasteiger partial charge on any atom is 0.325 e. The molecule has 1 aliphatic rings. The standard InChI is InChI=1S/C28H20N4O2S/c1-35-28-29-25(33)24-22-15-7-8-17-23(22)31(27(34)19-11-3-2-4-12-19)26(32(24)30-28)21-16-9-13-18-10-5-6-14-20(18)21/h2-17,26H,1H3/p+1/t26-/m0/s1. The van der Waals surface area contributed by atoms with Gasteiger partial charge >= 0.3 is 11.3 Å². The van der Waals surface area contributed by atoms with Crippen LogP contribution in [0.25, 0.3) is 22.0 Å². The summed E-state index contributed by atoms with van der Waals surface area (Å²) >= 11 is 1.35. The normalized spacial score (nSPS) is 14.4. The molecular formula is C28H21N4O2S+. The van der Waals surface area contributed by atoms with Crippen LogP contribution in [0.2, 0.25) is 0 Å². The highest BCUT2D eigenvalue weighted by Gasteiger charge is 2.46. The Bertz CT molecular complexity index is 1640. The van der Waals surface area contributed by atoms with Crippen molar-refractivity contribution < 1.29 is 9.48 Å². The van der Waals surface area contributed by atoms with E-state index in [0.717, 1.165) is 16.3 Å². The Kier molecular flexibility index (Phi) is 5.19. The van der Waals surface area contributed by atoms with Crippen LogP contribution in [-0.2, 0) is 0 Å². The predicted octanol–water partition coefficient (Wildman–Crippen LogP) is 4.81. The molecule has 4 aromatic carbocycles. The van der Waals surface area contributed by atoms with Crippen LogP contribution < -0.4 is 15.1 Å². The molecule has 170 valence electrons. The van der Waals surface area contributed by atoms with E-state index in [1.807, 2.05) is 103 Å². The maximum atomic E-state index is 14.1. The number of aromatic nitrogens is 3. The van der Waals surface area contributed by atoms with Gasteiger partial charge in [-0.05, 0) is 52.0 Å². The van der Waals surface area contributed by atoms with Crippen molar-refractivity contribution in [2.75, 3.05) is 11.2 Å². The fraction of sp³-hybridized carbons (Fsp3) is 0.0714. The first-order valence-corrected chi connectivity index (χ1v) is 12.5. The minimum atomic E-state index is -0.660. The molecule has 1 amide bonds. The van der Waals surface area contributed by atoms with Gasteiger partial charge in [0.05, 0.1) is 16.8 Å². The summed E-state index contributed by atoms with van der Waals surface area (Å²) in [6.45, 7) is 0. The van der Waals surface area contributed by atoms with Gasteiger partial charge in [-0.3, -0.25) is 14.6 Å². The summed E-state index contributed by atoms with van der Waals surface area (Å²) in [7, 11) is 0. The van der Waals surface area contributed by atoms with Gasteiger partial charge in [0, 0.05) is 10.7 Å². The van der Waals surface area contributed by atoms with Crippen molar-refractivity contribution in [2.24, 2.45) is 0 Å². The van der Waals surface area contributed by atoms with E-state index in [1.165, 1.54) is 11.8 Å². The molecule has 35 heavy (non-hydrogen) atoms. The molecule has 0 spiro atoms. The van der Waals surface area contributed by atoms with Gasteiger partial charge in [0.15, 0.2) is 0 Å². The van der Waals surface area contributed by atoms with Gasteiger partial charge in [0.2, 0.25) is 5.16 Å². The van der Waals surface area contributed by atoms with E-state index in [1.54, 1.807) is 9.58 Å². The highest BCUT2D eigenvalue weighted by Crippen LogP contribution is 2.39. The molecule has 6 nitrogen and oxygen atoms in total. The molecule has 0 saturated heterocycles. The summed E-state index contributed by atoms with van der Waals surface area (Å²) in [6.07, 6.45) is 1.20. The third kappa shape index (κ3) is 3.43. The maximum absolute atomic E-state index is 14.1. The van der Waals surface area contributed by atoms with Gasteiger partial charge in [0.25, 0.3) is 12.1 Å². The molecule has 0 radical (unpaired) electrons.